The van der Waals surface area contributed by atoms with Crippen LogP contribution in [0.3, 0.4) is 0 Å². The van der Waals surface area contributed by atoms with Crippen LogP contribution in [0.25, 0.3) is 0 Å². The number of aliphatic hydroxyl groups is 3. The van der Waals surface area contributed by atoms with Crippen molar-refractivity contribution >= 4 is 53.3 Å². The van der Waals surface area contributed by atoms with E-state index in [1.54, 1.807) is 0 Å². The van der Waals surface area contributed by atoms with Crippen molar-refractivity contribution in [3.63, 3.8) is 0 Å². The van der Waals surface area contributed by atoms with Gasteiger partial charge in [-0.05, 0) is 72.6 Å². The number of aliphatic hydroxyl groups excluding tert-OH is 3. The summed E-state index contributed by atoms with van der Waals surface area (Å²) in [4.78, 5) is 109. The SMILES string of the molecule is C[C@H](N)C(=O)N[C@@H](CCCN=C(N)N)C(=O)N[C@@H](CCCC[N+](C)(C)C)C(=O)N[C@@H](CO)C(=O)N[C@@H](C)C(=O)N1CCC[C@H]1C(=O)N[C@H](C(=O)N[C@H](C(=O)O)[C@@H](C)O)[C@@H](C)O. The van der Waals surface area contributed by atoms with Gasteiger partial charge in [0.2, 0.25) is 41.4 Å². The van der Waals surface area contributed by atoms with Crippen molar-refractivity contribution in [2.75, 3.05) is 47.4 Å². The largest absolute Gasteiger partial charge is 0.480 e. The van der Waals surface area contributed by atoms with Crippen molar-refractivity contribution in [1.29, 1.82) is 0 Å². The molecule has 0 unspecified atom stereocenters. The van der Waals surface area contributed by atoms with Crippen molar-refractivity contribution < 1.29 is 63.3 Å². The number of hydrogen-bond acceptors (Lipinski definition) is 13. The first-order valence-electron chi connectivity index (χ1n) is 20.2. The fourth-order valence-electron chi connectivity index (χ4n) is 6.23. The predicted octanol–water partition coefficient (Wildman–Crippen LogP) is -5.98. The highest BCUT2D eigenvalue weighted by Crippen LogP contribution is 2.19. The zero-order chi connectivity index (χ0) is 46.8. The number of nitrogens with two attached hydrogens (primary N) is 3. The number of aliphatic carboxylic acids is 1. The molecule has 61 heavy (non-hydrogen) atoms. The van der Waals surface area contributed by atoms with Gasteiger partial charge < -0.3 is 78.9 Å². The summed E-state index contributed by atoms with van der Waals surface area (Å²) in [5.74, 6) is -7.52. The van der Waals surface area contributed by atoms with E-state index in [4.69, 9.17) is 17.2 Å². The maximum atomic E-state index is 13.7. The molecule has 1 aliphatic rings. The van der Waals surface area contributed by atoms with Crippen molar-refractivity contribution in [1.82, 2.24) is 36.8 Å². The second kappa shape index (κ2) is 25.6. The van der Waals surface area contributed by atoms with Gasteiger partial charge in [0.25, 0.3) is 0 Å². The first-order valence-corrected chi connectivity index (χ1v) is 20.2. The minimum atomic E-state index is -1.74. The molecule has 0 aromatic heterocycles. The van der Waals surface area contributed by atoms with Crippen molar-refractivity contribution in [2.24, 2.45) is 22.2 Å². The monoisotopic (exact) mass is 874 g/mol. The summed E-state index contributed by atoms with van der Waals surface area (Å²) in [6.07, 6.45) is -0.926. The molecule has 1 rings (SSSR count). The highest BCUT2D eigenvalue weighted by molar-refractivity contribution is 5.97. The van der Waals surface area contributed by atoms with Gasteiger partial charge >= 0.3 is 5.97 Å². The number of guanidine groups is 1. The number of aliphatic imine (C=N–C) groups is 1. The molecule has 0 aliphatic carbocycles. The zero-order valence-corrected chi connectivity index (χ0v) is 36.2. The Kier molecular flexibility index (Phi) is 22.6. The molecule has 7 amide bonds. The molecular weight excluding hydrogens is 804 g/mol. The standard InChI is InChI=1S/C37H68N12O12/c1-19(38)29(53)43-24(13-10-15-41-37(39)40)30(54)44-23(12-8-9-17-49(5,6)7)31(55)45-25(18-50)32(56)42-20(2)35(59)48-16-11-14-26(48)33(57)46-27(21(3)51)34(58)47-28(22(4)52)36(60)61/h19-28,50-52H,8-18,38H2,1-7H3,(H10-,39,40,41,42,43,44,45,46,47,53,54,55,56,57,58,60,61)/p+1/t19-,20-,21+,22+,23-,24-,25-,26-,27-,28-/m0/s1. The van der Waals surface area contributed by atoms with E-state index in [1.165, 1.54) is 20.8 Å². The number of rotatable bonds is 26. The lowest BCUT2D eigenvalue weighted by Crippen LogP contribution is -2.61. The third-order valence-corrected chi connectivity index (χ3v) is 9.69. The number of quaternary nitrogens is 1. The summed E-state index contributed by atoms with van der Waals surface area (Å²) in [5.41, 5.74) is 16.5. The van der Waals surface area contributed by atoms with E-state index in [2.05, 4.69) is 36.9 Å². The molecule has 0 radical (unpaired) electrons. The summed E-state index contributed by atoms with van der Waals surface area (Å²) >= 11 is 0. The van der Waals surface area contributed by atoms with Crippen LogP contribution in [0.15, 0.2) is 4.99 Å². The maximum absolute atomic E-state index is 13.7. The van der Waals surface area contributed by atoms with Crippen LogP contribution < -0.4 is 49.1 Å². The Balaban J connectivity index is 3.15. The van der Waals surface area contributed by atoms with E-state index in [0.717, 1.165) is 18.4 Å². The molecule has 16 N–H and O–H groups in total. The molecule has 1 heterocycles. The third kappa shape index (κ3) is 19.0. The fourth-order valence-corrected chi connectivity index (χ4v) is 6.23. The van der Waals surface area contributed by atoms with E-state index < -0.39 is 114 Å². The Morgan fingerprint density at radius 1 is 0.721 bits per heavy atom. The molecule has 0 bridgehead atoms. The Labute approximate surface area is 355 Å². The average Bonchev–Trinajstić information content (AvgIpc) is 3.65. The molecule has 1 aliphatic heterocycles. The molecule has 24 heteroatoms. The molecule has 0 aromatic carbocycles. The van der Waals surface area contributed by atoms with Crippen LogP contribution in [0.2, 0.25) is 0 Å². The lowest BCUT2D eigenvalue weighted by atomic mass is 10.0. The minimum absolute atomic E-state index is 0.0708. The molecule has 0 aromatic rings. The minimum Gasteiger partial charge on any atom is -0.480 e. The van der Waals surface area contributed by atoms with Gasteiger partial charge in [-0.25, -0.2) is 4.79 Å². The number of hydrogen-bond donors (Lipinski definition) is 13. The first kappa shape index (κ1) is 53.8. The van der Waals surface area contributed by atoms with Gasteiger partial charge in [0, 0.05) is 13.1 Å². The second-order valence-corrected chi connectivity index (χ2v) is 16.3. The molecule has 24 nitrogen and oxygen atoms in total. The van der Waals surface area contributed by atoms with Gasteiger partial charge in [0.15, 0.2) is 12.0 Å². The number of carboxylic acid groups (broad SMARTS) is 1. The summed E-state index contributed by atoms with van der Waals surface area (Å²) < 4.78 is 0.635. The van der Waals surface area contributed by atoms with Gasteiger partial charge in [-0.3, -0.25) is 38.6 Å². The number of likely N-dealkylation sites (tertiary alicyclic amines) is 1. The lowest BCUT2D eigenvalue weighted by molar-refractivity contribution is -0.870. The van der Waals surface area contributed by atoms with Crippen molar-refractivity contribution in [2.45, 2.75) is 133 Å². The molecule has 348 valence electrons. The molecule has 10 atom stereocenters. The van der Waals surface area contributed by atoms with Crippen LogP contribution >= 0.6 is 0 Å². The number of amides is 7. The van der Waals surface area contributed by atoms with Gasteiger partial charge in [-0.1, -0.05) is 0 Å². The van der Waals surface area contributed by atoms with Gasteiger partial charge in [-0.2, -0.15) is 0 Å². The maximum Gasteiger partial charge on any atom is 0.328 e. The van der Waals surface area contributed by atoms with Crippen LogP contribution in [-0.2, 0) is 38.4 Å². The van der Waals surface area contributed by atoms with Crippen LogP contribution in [0.1, 0.15) is 72.6 Å². The normalized spacial score (nSPS) is 18.3. The molecular formula is C37H69N12O12+. The highest BCUT2D eigenvalue weighted by Gasteiger charge is 2.40. The summed E-state index contributed by atoms with van der Waals surface area (Å²) in [6.45, 7) is 5.11. The summed E-state index contributed by atoms with van der Waals surface area (Å²) in [6, 6.07) is -10.8. The highest BCUT2D eigenvalue weighted by atomic mass is 16.4. The van der Waals surface area contributed by atoms with Crippen molar-refractivity contribution in [3.8, 4) is 0 Å². The van der Waals surface area contributed by atoms with Gasteiger partial charge in [0.05, 0.1) is 52.5 Å². The van der Waals surface area contributed by atoms with E-state index in [1.807, 2.05) is 21.1 Å². The number of unbranched alkanes of at least 4 members (excludes halogenated alkanes) is 1. The number of carbonyl (C=O) groups is 8. The number of carbonyl (C=O) groups excluding carboxylic acids is 7. The summed E-state index contributed by atoms with van der Waals surface area (Å²) in [5, 5.41) is 53.9. The molecule has 0 saturated carbocycles. The lowest BCUT2D eigenvalue weighted by Gasteiger charge is -2.30. The van der Waals surface area contributed by atoms with Gasteiger partial charge in [0.1, 0.15) is 36.3 Å². The Hall–Kier alpha value is -5.17. The van der Waals surface area contributed by atoms with E-state index >= 15 is 0 Å². The topological polar surface area (TPSA) is 383 Å². The average molecular weight is 874 g/mol. The van der Waals surface area contributed by atoms with Crippen LogP contribution in [0, 0.1) is 0 Å². The predicted molar refractivity (Wildman–Crippen MR) is 220 cm³/mol. The van der Waals surface area contributed by atoms with E-state index in [9.17, 15) is 58.8 Å². The first-order chi connectivity index (χ1) is 28.3. The number of nitrogens with zero attached hydrogens (tertiary/aromatic N) is 3. The molecule has 1 fully saturated rings. The smallest absolute Gasteiger partial charge is 0.328 e. The Morgan fingerprint density at radius 2 is 1.25 bits per heavy atom. The quantitative estimate of drug-likeness (QED) is 0.0167. The van der Waals surface area contributed by atoms with Crippen molar-refractivity contribution in [3.05, 3.63) is 0 Å². The molecule has 0 spiro atoms. The van der Waals surface area contributed by atoms with E-state index in [-0.39, 0.29) is 44.7 Å². The zero-order valence-electron chi connectivity index (χ0n) is 36.2. The Morgan fingerprint density at radius 3 is 1.74 bits per heavy atom. The molecule has 1 saturated heterocycles. The number of carboxylic acids is 1. The van der Waals surface area contributed by atoms with Crippen LogP contribution in [0.4, 0.5) is 0 Å². The number of nitrogens with one attached hydrogen (secondary N) is 6. The van der Waals surface area contributed by atoms with Gasteiger partial charge in [-0.15, -0.1) is 0 Å². The third-order valence-electron chi connectivity index (χ3n) is 9.69. The fraction of sp³-hybridized carbons (Fsp3) is 0.757. The van der Waals surface area contributed by atoms with E-state index in [0.29, 0.717) is 23.7 Å². The van der Waals surface area contributed by atoms with Crippen LogP contribution in [-0.4, -0.2) is 191 Å². The Bertz CT molecular complexity index is 1550. The summed E-state index contributed by atoms with van der Waals surface area (Å²) in [7, 11) is 5.97. The van der Waals surface area contributed by atoms with Crippen LogP contribution in [0.5, 0.6) is 0 Å². The second-order valence-electron chi connectivity index (χ2n) is 16.3.